The van der Waals surface area contributed by atoms with E-state index in [4.69, 9.17) is 4.74 Å². The van der Waals surface area contributed by atoms with Gasteiger partial charge in [0.2, 0.25) is 0 Å². The zero-order valence-corrected chi connectivity index (χ0v) is 17.0. The molecule has 2 heterocycles. The number of hydrogen-bond acceptors (Lipinski definition) is 4. The van der Waals surface area contributed by atoms with Gasteiger partial charge in [0.1, 0.15) is 0 Å². The highest BCUT2D eigenvalue weighted by Crippen LogP contribution is 2.30. The molecule has 2 atom stereocenters. The van der Waals surface area contributed by atoms with Crippen LogP contribution in [0.3, 0.4) is 0 Å². The molecule has 2 fully saturated rings. The second-order valence-corrected chi connectivity index (χ2v) is 8.72. The molecule has 4 rings (SSSR count). The van der Waals surface area contributed by atoms with Gasteiger partial charge in [-0.15, -0.1) is 0 Å². The minimum absolute atomic E-state index is 0.156. The van der Waals surface area contributed by atoms with Crippen LogP contribution in [-0.4, -0.2) is 47.0 Å². The lowest BCUT2D eigenvalue weighted by Crippen LogP contribution is -2.44. The van der Waals surface area contributed by atoms with E-state index in [2.05, 4.69) is 47.7 Å². The minimum Gasteiger partial charge on any atom is -0.373 e. The average molecular weight is 385 g/mol. The molecule has 2 unspecified atom stereocenters. The maximum absolute atomic E-state index is 13.0. The van der Waals surface area contributed by atoms with Gasteiger partial charge in [0.15, 0.2) is 0 Å². The van der Waals surface area contributed by atoms with E-state index in [1.165, 1.54) is 11.1 Å². The summed E-state index contributed by atoms with van der Waals surface area (Å²) in [6.45, 7) is 7.81. The predicted octanol–water partition coefficient (Wildman–Crippen LogP) is 4.16. The lowest BCUT2D eigenvalue weighted by Gasteiger charge is -2.35. The molecule has 0 bridgehead atoms. The van der Waals surface area contributed by atoms with Crippen molar-refractivity contribution >= 4 is 17.2 Å². The third kappa shape index (κ3) is 4.78. The maximum Gasteiger partial charge on any atom is 0.254 e. The summed E-state index contributed by atoms with van der Waals surface area (Å²) >= 11 is 1.69. The second-order valence-electron chi connectivity index (χ2n) is 7.94. The fourth-order valence-electron chi connectivity index (χ4n) is 3.92. The van der Waals surface area contributed by atoms with Crippen molar-refractivity contribution in [1.29, 1.82) is 0 Å². The predicted molar refractivity (Wildman–Crippen MR) is 109 cm³/mol. The van der Waals surface area contributed by atoms with Crippen LogP contribution in [0.2, 0.25) is 0 Å². The molecule has 4 nitrogen and oxygen atoms in total. The van der Waals surface area contributed by atoms with Gasteiger partial charge in [0.05, 0.1) is 12.2 Å². The molecule has 1 amide bonds. The van der Waals surface area contributed by atoms with Crippen molar-refractivity contribution in [2.75, 3.05) is 13.1 Å². The fraction of sp³-hybridized carbons (Fsp3) is 0.500. The van der Waals surface area contributed by atoms with Gasteiger partial charge in [-0.3, -0.25) is 9.69 Å². The van der Waals surface area contributed by atoms with E-state index in [1.54, 1.807) is 11.3 Å². The van der Waals surface area contributed by atoms with Gasteiger partial charge in [-0.1, -0.05) is 12.1 Å². The third-order valence-electron chi connectivity index (χ3n) is 5.28. The van der Waals surface area contributed by atoms with Gasteiger partial charge in [0, 0.05) is 37.8 Å². The van der Waals surface area contributed by atoms with Crippen molar-refractivity contribution in [1.82, 2.24) is 9.80 Å². The highest BCUT2D eigenvalue weighted by Gasteiger charge is 2.33. The number of ether oxygens (including phenoxy) is 1. The Labute approximate surface area is 165 Å². The Hall–Kier alpha value is -1.69. The zero-order chi connectivity index (χ0) is 18.8. The van der Waals surface area contributed by atoms with Crippen LogP contribution in [-0.2, 0) is 17.8 Å². The summed E-state index contributed by atoms with van der Waals surface area (Å²) in [6.07, 6.45) is 2.81. The molecule has 1 aliphatic carbocycles. The van der Waals surface area contributed by atoms with Gasteiger partial charge in [0.25, 0.3) is 5.91 Å². The van der Waals surface area contributed by atoms with Crippen LogP contribution in [0.1, 0.15) is 48.2 Å². The van der Waals surface area contributed by atoms with Crippen molar-refractivity contribution in [2.24, 2.45) is 0 Å². The molecule has 0 radical (unpaired) electrons. The summed E-state index contributed by atoms with van der Waals surface area (Å²) in [7, 11) is 0. The standard InChI is InChI=1S/C22H28N2O2S/c1-16-11-23(12-17(2)26-16)13-18-3-5-20(6-4-18)22(25)24(21-7-8-21)14-19-9-10-27-15-19/h3-6,9-10,15-17,21H,7-8,11-14H2,1-2H3. The first-order valence-corrected chi connectivity index (χ1v) is 10.8. The fourth-order valence-corrected chi connectivity index (χ4v) is 4.58. The monoisotopic (exact) mass is 384 g/mol. The van der Waals surface area contributed by atoms with Gasteiger partial charge in [-0.2, -0.15) is 11.3 Å². The van der Waals surface area contributed by atoms with Gasteiger partial charge < -0.3 is 9.64 Å². The minimum atomic E-state index is 0.156. The van der Waals surface area contributed by atoms with E-state index < -0.39 is 0 Å². The zero-order valence-electron chi connectivity index (χ0n) is 16.1. The normalized spacial score (nSPS) is 23.3. The van der Waals surface area contributed by atoms with Crippen molar-refractivity contribution in [3.8, 4) is 0 Å². The van der Waals surface area contributed by atoms with E-state index in [-0.39, 0.29) is 18.1 Å². The highest BCUT2D eigenvalue weighted by atomic mass is 32.1. The van der Waals surface area contributed by atoms with Gasteiger partial charge in [-0.25, -0.2) is 0 Å². The Morgan fingerprint density at radius 3 is 2.41 bits per heavy atom. The Kier molecular flexibility index (Phi) is 5.62. The molecule has 144 valence electrons. The van der Waals surface area contributed by atoms with E-state index in [9.17, 15) is 4.79 Å². The highest BCUT2D eigenvalue weighted by molar-refractivity contribution is 7.07. The lowest BCUT2D eigenvalue weighted by atomic mass is 10.1. The first-order valence-electron chi connectivity index (χ1n) is 9.87. The SMILES string of the molecule is CC1CN(Cc2ccc(C(=O)N(Cc3ccsc3)C3CC3)cc2)CC(C)O1. The number of rotatable bonds is 6. The number of morpholine rings is 1. The molecule has 2 aromatic rings. The van der Waals surface area contributed by atoms with Crippen LogP contribution >= 0.6 is 11.3 Å². The summed E-state index contributed by atoms with van der Waals surface area (Å²) in [5, 5.41) is 4.21. The molecular weight excluding hydrogens is 356 g/mol. The number of nitrogens with zero attached hydrogens (tertiary/aromatic N) is 2. The van der Waals surface area contributed by atoms with Crippen LogP contribution in [0.5, 0.6) is 0 Å². The summed E-state index contributed by atoms with van der Waals surface area (Å²) in [5.41, 5.74) is 3.28. The lowest BCUT2D eigenvalue weighted by molar-refractivity contribution is -0.0704. The number of carbonyl (C=O) groups excluding carboxylic acids is 1. The van der Waals surface area contributed by atoms with E-state index in [0.717, 1.165) is 44.6 Å². The van der Waals surface area contributed by atoms with Crippen LogP contribution in [0, 0.1) is 0 Å². The van der Waals surface area contributed by atoms with E-state index >= 15 is 0 Å². The first-order chi connectivity index (χ1) is 13.1. The molecule has 2 aliphatic rings. The molecule has 0 spiro atoms. The number of benzene rings is 1. The molecule has 0 N–H and O–H groups in total. The smallest absolute Gasteiger partial charge is 0.254 e. The average Bonchev–Trinajstić information content (AvgIpc) is 3.35. The Bertz CT molecular complexity index is 745. The number of carbonyl (C=O) groups is 1. The van der Waals surface area contributed by atoms with Crippen molar-refractivity contribution in [3.63, 3.8) is 0 Å². The van der Waals surface area contributed by atoms with E-state index in [1.807, 2.05) is 17.0 Å². The topological polar surface area (TPSA) is 32.8 Å². The number of hydrogen-bond donors (Lipinski definition) is 0. The Morgan fingerprint density at radius 1 is 1.11 bits per heavy atom. The van der Waals surface area contributed by atoms with Gasteiger partial charge in [-0.05, 0) is 66.8 Å². The molecule has 1 saturated carbocycles. The molecule has 1 aromatic carbocycles. The molecule has 1 aliphatic heterocycles. The summed E-state index contributed by atoms with van der Waals surface area (Å²) in [6, 6.07) is 10.7. The molecule has 27 heavy (non-hydrogen) atoms. The second kappa shape index (κ2) is 8.13. The quantitative estimate of drug-likeness (QED) is 0.750. The first kappa shape index (κ1) is 18.7. The number of amides is 1. The Morgan fingerprint density at radius 2 is 1.81 bits per heavy atom. The van der Waals surface area contributed by atoms with Gasteiger partial charge >= 0.3 is 0 Å². The molecule has 1 saturated heterocycles. The summed E-state index contributed by atoms with van der Waals surface area (Å²) in [5.74, 6) is 0.156. The largest absolute Gasteiger partial charge is 0.373 e. The number of thiophene rings is 1. The maximum atomic E-state index is 13.0. The molecule has 1 aromatic heterocycles. The van der Waals surface area contributed by atoms with Crippen molar-refractivity contribution in [2.45, 2.75) is 58.0 Å². The van der Waals surface area contributed by atoms with Crippen LogP contribution in [0.4, 0.5) is 0 Å². The third-order valence-corrected chi connectivity index (χ3v) is 6.02. The molecular formula is C22H28N2O2S. The van der Waals surface area contributed by atoms with E-state index in [0.29, 0.717) is 6.04 Å². The summed E-state index contributed by atoms with van der Waals surface area (Å²) < 4.78 is 5.81. The summed E-state index contributed by atoms with van der Waals surface area (Å²) in [4.78, 5) is 17.5. The molecule has 5 heteroatoms. The Balaban J connectivity index is 1.41. The van der Waals surface area contributed by atoms with Crippen LogP contribution in [0.25, 0.3) is 0 Å². The van der Waals surface area contributed by atoms with Crippen LogP contribution < -0.4 is 0 Å². The van der Waals surface area contributed by atoms with Crippen molar-refractivity contribution in [3.05, 3.63) is 57.8 Å². The van der Waals surface area contributed by atoms with Crippen molar-refractivity contribution < 1.29 is 9.53 Å². The van der Waals surface area contributed by atoms with Crippen LogP contribution in [0.15, 0.2) is 41.1 Å².